The highest BCUT2D eigenvalue weighted by Crippen LogP contribution is 2.30. The molecule has 1 aromatic carbocycles. The molecule has 2 aromatic rings. The smallest absolute Gasteiger partial charge is 0.320 e. The third-order valence-corrected chi connectivity index (χ3v) is 5.09. The molecule has 0 spiro atoms. The molecule has 2 heterocycles. The Labute approximate surface area is 151 Å². The molecule has 1 aliphatic carbocycles. The summed E-state index contributed by atoms with van der Waals surface area (Å²) < 4.78 is 15.1. The Hall–Kier alpha value is -1.92. The summed E-state index contributed by atoms with van der Waals surface area (Å²) in [5.41, 5.74) is 4.26. The highest BCUT2D eigenvalue weighted by atomic mass is 35.5. The summed E-state index contributed by atoms with van der Waals surface area (Å²) >= 11 is 0. The molecule has 0 saturated carbocycles. The Morgan fingerprint density at radius 2 is 2.00 bits per heavy atom. The van der Waals surface area contributed by atoms with E-state index in [1.807, 2.05) is 9.58 Å². The van der Waals surface area contributed by atoms with Gasteiger partial charge in [-0.15, -0.1) is 12.4 Å². The summed E-state index contributed by atoms with van der Waals surface area (Å²) in [4.78, 5) is 13.4. The van der Waals surface area contributed by atoms with Gasteiger partial charge in [0.15, 0.2) is 0 Å². The maximum Gasteiger partial charge on any atom is 0.320 e. The molecule has 0 bridgehead atoms. The zero-order chi connectivity index (χ0) is 16.7. The van der Waals surface area contributed by atoms with Crippen molar-refractivity contribution in [3.63, 3.8) is 0 Å². The van der Waals surface area contributed by atoms with E-state index in [9.17, 15) is 14.3 Å². The number of hydrogen-bond acceptors (Lipinski definition) is 3. The lowest BCUT2D eigenvalue weighted by Gasteiger charge is -2.20. The first-order chi connectivity index (χ1) is 11.6. The molecule has 1 saturated heterocycles. The van der Waals surface area contributed by atoms with Crippen LogP contribution in [0.25, 0.3) is 5.69 Å². The number of carbonyl (C=O) groups is 1. The van der Waals surface area contributed by atoms with Crippen molar-refractivity contribution < 1.29 is 14.3 Å². The van der Waals surface area contributed by atoms with E-state index in [1.165, 1.54) is 23.4 Å². The van der Waals surface area contributed by atoms with Crippen molar-refractivity contribution in [3.8, 4) is 5.69 Å². The molecule has 134 valence electrons. The van der Waals surface area contributed by atoms with Crippen molar-refractivity contribution >= 4 is 18.4 Å². The normalized spacial score (nSPS) is 19.6. The van der Waals surface area contributed by atoms with Gasteiger partial charge in [-0.3, -0.25) is 9.69 Å². The summed E-state index contributed by atoms with van der Waals surface area (Å²) in [6.07, 6.45) is 4.65. The van der Waals surface area contributed by atoms with E-state index >= 15 is 0 Å². The molecular formula is C18H21ClFN3O2. The van der Waals surface area contributed by atoms with E-state index in [4.69, 9.17) is 5.10 Å². The second-order valence-electron chi connectivity index (χ2n) is 6.58. The van der Waals surface area contributed by atoms with Crippen LogP contribution in [0.5, 0.6) is 0 Å². The number of likely N-dealkylation sites (tertiary alicyclic amines) is 1. The van der Waals surface area contributed by atoms with Gasteiger partial charge in [0.25, 0.3) is 0 Å². The summed E-state index contributed by atoms with van der Waals surface area (Å²) in [5, 5.41) is 14.1. The van der Waals surface area contributed by atoms with E-state index < -0.39 is 12.0 Å². The lowest BCUT2D eigenvalue weighted by atomic mass is 10.1. The standard InChI is InChI=1S/C18H20FN3O2.ClH/c19-12-6-8-13(9-7-12)22-16-4-1-3-14(16)15(20-22)11-21-10-2-5-17(21)18(23)24;/h6-9,17H,1-5,10-11H2,(H,23,24);1H. The van der Waals surface area contributed by atoms with E-state index in [1.54, 1.807) is 12.1 Å². The summed E-state index contributed by atoms with van der Waals surface area (Å²) in [5.74, 6) is -1.01. The summed E-state index contributed by atoms with van der Waals surface area (Å²) in [6.45, 7) is 1.38. The van der Waals surface area contributed by atoms with Crippen molar-refractivity contribution in [2.24, 2.45) is 0 Å². The zero-order valence-electron chi connectivity index (χ0n) is 13.8. The van der Waals surface area contributed by atoms with E-state index in [-0.39, 0.29) is 18.2 Å². The van der Waals surface area contributed by atoms with Crippen molar-refractivity contribution in [3.05, 3.63) is 47.0 Å². The Balaban J connectivity index is 0.00000182. The molecule has 1 N–H and O–H groups in total. The van der Waals surface area contributed by atoms with Crippen LogP contribution >= 0.6 is 12.4 Å². The molecule has 7 heteroatoms. The number of halogens is 2. The lowest BCUT2D eigenvalue weighted by molar-refractivity contribution is -0.142. The Kier molecular flexibility index (Phi) is 5.11. The molecule has 1 aliphatic heterocycles. The Bertz CT molecular complexity index is 775. The van der Waals surface area contributed by atoms with Crippen molar-refractivity contribution in [2.45, 2.75) is 44.7 Å². The number of fused-ring (bicyclic) bond motifs is 1. The number of aliphatic carboxylic acids is 1. The molecule has 5 nitrogen and oxygen atoms in total. The number of nitrogens with zero attached hydrogens (tertiary/aromatic N) is 3. The van der Waals surface area contributed by atoms with Crippen molar-refractivity contribution in [1.82, 2.24) is 14.7 Å². The number of aromatic nitrogens is 2. The summed E-state index contributed by atoms with van der Waals surface area (Å²) in [6, 6.07) is 5.96. The highest BCUT2D eigenvalue weighted by Gasteiger charge is 2.32. The first-order valence-electron chi connectivity index (χ1n) is 8.46. The average Bonchev–Trinajstić information content (AvgIpc) is 3.26. The van der Waals surface area contributed by atoms with Gasteiger partial charge < -0.3 is 5.11 Å². The molecule has 4 rings (SSSR count). The van der Waals surface area contributed by atoms with Gasteiger partial charge in [-0.25, -0.2) is 9.07 Å². The lowest BCUT2D eigenvalue weighted by Crippen LogP contribution is -2.35. The van der Waals surface area contributed by atoms with Crippen LogP contribution in [0.4, 0.5) is 4.39 Å². The highest BCUT2D eigenvalue weighted by molar-refractivity contribution is 5.85. The minimum atomic E-state index is -0.748. The molecule has 1 unspecified atom stereocenters. The van der Waals surface area contributed by atoms with Crippen LogP contribution < -0.4 is 0 Å². The maximum atomic E-state index is 13.2. The van der Waals surface area contributed by atoms with Crippen molar-refractivity contribution in [2.75, 3.05) is 6.54 Å². The Morgan fingerprint density at radius 1 is 1.24 bits per heavy atom. The summed E-state index contributed by atoms with van der Waals surface area (Å²) in [7, 11) is 0. The fourth-order valence-electron chi connectivity index (χ4n) is 3.92. The number of hydrogen-bond donors (Lipinski definition) is 1. The largest absolute Gasteiger partial charge is 0.480 e. The SMILES string of the molecule is Cl.O=C(O)C1CCCN1Cc1nn(-c2ccc(F)cc2)c2c1CCC2. The van der Waals surface area contributed by atoms with E-state index in [0.29, 0.717) is 13.0 Å². The van der Waals surface area contributed by atoms with Gasteiger partial charge in [0.2, 0.25) is 0 Å². The molecule has 0 radical (unpaired) electrons. The van der Waals surface area contributed by atoms with Crippen molar-refractivity contribution in [1.29, 1.82) is 0 Å². The van der Waals surface area contributed by atoms with Gasteiger partial charge in [-0.1, -0.05) is 0 Å². The van der Waals surface area contributed by atoms with E-state index in [0.717, 1.165) is 43.6 Å². The first-order valence-corrected chi connectivity index (χ1v) is 8.46. The van der Waals surface area contributed by atoms with Crippen LogP contribution in [0, 0.1) is 5.82 Å². The molecule has 25 heavy (non-hydrogen) atoms. The average molecular weight is 366 g/mol. The fourth-order valence-corrected chi connectivity index (χ4v) is 3.92. The molecule has 0 amide bonds. The van der Waals surface area contributed by atoms with Gasteiger partial charge in [0, 0.05) is 12.2 Å². The fraction of sp³-hybridized carbons (Fsp3) is 0.444. The molecule has 1 fully saturated rings. The van der Waals surface area contributed by atoms with Crippen LogP contribution in [-0.4, -0.2) is 38.3 Å². The second kappa shape index (κ2) is 7.14. The van der Waals surface area contributed by atoms with Crippen LogP contribution in [0.2, 0.25) is 0 Å². The predicted molar refractivity (Wildman–Crippen MR) is 93.9 cm³/mol. The molecular weight excluding hydrogens is 345 g/mol. The van der Waals surface area contributed by atoms with Gasteiger partial charge in [0.05, 0.1) is 11.4 Å². The van der Waals surface area contributed by atoms with Gasteiger partial charge >= 0.3 is 5.97 Å². The zero-order valence-corrected chi connectivity index (χ0v) is 14.6. The van der Waals surface area contributed by atoms with Gasteiger partial charge in [-0.2, -0.15) is 5.10 Å². The Morgan fingerprint density at radius 3 is 2.72 bits per heavy atom. The molecule has 1 aromatic heterocycles. The minimum Gasteiger partial charge on any atom is -0.480 e. The van der Waals surface area contributed by atoms with Crippen LogP contribution in [-0.2, 0) is 24.2 Å². The number of carboxylic acids is 1. The van der Waals surface area contributed by atoms with Crippen LogP contribution in [0.3, 0.4) is 0 Å². The van der Waals surface area contributed by atoms with Crippen LogP contribution in [0.15, 0.2) is 24.3 Å². The third-order valence-electron chi connectivity index (χ3n) is 5.09. The number of rotatable bonds is 4. The number of carboxylic acid groups (broad SMARTS) is 1. The maximum absolute atomic E-state index is 13.2. The minimum absolute atomic E-state index is 0. The molecule has 2 aliphatic rings. The van der Waals surface area contributed by atoms with Gasteiger partial charge in [-0.05, 0) is 68.5 Å². The van der Waals surface area contributed by atoms with Crippen LogP contribution in [0.1, 0.15) is 36.2 Å². The van der Waals surface area contributed by atoms with E-state index in [2.05, 4.69) is 0 Å². The quantitative estimate of drug-likeness (QED) is 0.905. The second-order valence-corrected chi connectivity index (χ2v) is 6.58. The first kappa shape index (κ1) is 17.9. The topological polar surface area (TPSA) is 58.4 Å². The third kappa shape index (κ3) is 3.28. The molecule has 1 atom stereocenters. The van der Waals surface area contributed by atoms with Gasteiger partial charge in [0.1, 0.15) is 11.9 Å². The predicted octanol–water partition coefficient (Wildman–Crippen LogP) is 2.97. The monoisotopic (exact) mass is 365 g/mol. The number of benzene rings is 1.